The van der Waals surface area contributed by atoms with Gasteiger partial charge >= 0.3 is 0 Å². The molecule has 1 heterocycles. The molecule has 0 aromatic heterocycles. The van der Waals surface area contributed by atoms with Gasteiger partial charge in [-0.3, -0.25) is 9.69 Å². The van der Waals surface area contributed by atoms with Crippen LogP contribution >= 0.6 is 0 Å². The zero-order valence-electron chi connectivity index (χ0n) is 12.2. The number of primary amides is 1. The van der Waals surface area contributed by atoms with Crippen molar-refractivity contribution < 1.29 is 9.18 Å². The van der Waals surface area contributed by atoms with Crippen molar-refractivity contribution in [3.63, 3.8) is 0 Å². The standard InChI is InChI=1S/C16H23FN2O/c1-11(2)14-7-12(8-15(17)9-14)10-19-5-3-13(4-6-19)16(18)20/h7-9,11,13H,3-6,10H2,1-2H3,(H2,18,20). The van der Waals surface area contributed by atoms with E-state index in [-0.39, 0.29) is 17.6 Å². The minimum absolute atomic E-state index is 0.00462. The van der Waals surface area contributed by atoms with Gasteiger partial charge in [-0.15, -0.1) is 0 Å². The molecule has 1 saturated heterocycles. The second-order valence-corrected chi connectivity index (χ2v) is 6.00. The van der Waals surface area contributed by atoms with E-state index in [1.165, 1.54) is 0 Å². The summed E-state index contributed by atoms with van der Waals surface area (Å²) in [6.45, 7) is 6.57. The molecule has 1 fully saturated rings. The van der Waals surface area contributed by atoms with E-state index >= 15 is 0 Å². The number of benzene rings is 1. The van der Waals surface area contributed by atoms with E-state index in [9.17, 15) is 9.18 Å². The molecule has 1 aromatic carbocycles. The third kappa shape index (κ3) is 3.79. The molecule has 1 aliphatic rings. The summed E-state index contributed by atoms with van der Waals surface area (Å²) in [4.78, 5) is 13.4. The molecule has 3 nitrogen and oxygen atoms in total. The second-order valence-electron chi connectivity index (χ2n) is 6.00. The smallest absolute Gasteiger partial charge is 0.220 e. The van der Waals surface area contributed by atoms with E-state index in [0.717, 1.165) is 43.6 Å². The number of nitrogens with zero attached hydrogens (tertiary/aromatic N) is 1. The van der Waals surface area contributed by atoms with Gasteiger partial charge in [0.15, 0.2) is 0 Å². The Bertz CT molecular complexity index is 479. The minimum atomic E-state index is -0.197. The number of hydrogen-bond donors (Lipinski definition) is 1. The molecule has 0 atom stereocenters. The molecule has 20 heavy (non-hydrogen) atoms. The summed E-state index contributed by atoms with van der Waals surface area (Å²) in [6.07, 6.45) is 1.61. The van der Waals surface area contributed by atoms with E-state index in [4.69, 9.17) is 5.73 Å². The fourth-order valence-corrected chi connectivity index (χ4v) is 2.73. The first kappa shape index (κ1) is 15.0. The topological polar surface area (TPSA) is 46.3 Å². The summed E-state index contributed by atoms with van der Waals surface area (Å²) in [5.74, 6) is -0.0363. The van der Waals surface area contributed by atoms with Crippen LogP contribution in [0.4, 0.5) is 4.39 Å². The van der Waals surface area contributed by atoms with Crippen molar-refractivity contribution >= 4 is 5.91 Å². The van der Waals surface area contributed by atoms with Crippen molar-refractivity contribution in [2.24, 2.45) is 11.7 Å². The quantitative estimate of drug-likeness (QED) is 0.920. The highest BCUT2D eigenvalue weighted by molar-refractivity contribution is 5.76. The Balaban J connectivity index is 1.99. The lowest BCUT2D eigenvalue weighted by molar-refractivity contribution is -0.123. The largest absolute Gasteiger partial charge is 0.369 e. The molecule has 1 aliphatic heterocycles. The Morgan fingerprint density at radius 3 is 2.55 bits per heavy atom. The van der Waals surface area contributed by atoms with E-state index in [1.807, 2.05) is 0 Å². The summed E-state index contributed by atoms with van der Waals surface area (Å²) in [5.41, 5.74) is 7.37. The van der Waals surface area contributed by atoms with Gasteiger partial charge in [0, 0.05) is 12.5 Å². The predicted octanol–water partition coefficient (Wildman–Crippen LogP) is 2.65. The molecule has 0 unspecified atom stereocenters. The maximum Gasteiger partial charge on any atom is 0.220 e. The molecule has 0 aliphatic carbocycles. The highest BCUT2D eigenvalue weighted by Gasteiger charge is 2.23. The Kier molecular flexibility index (Phi) is 4.76. The molecule has 4 heteroatoms. The number of nitrogens with two attached hydrogens (primary N) is 1. The minimum Gasteiger partial charge on any atom is -0.369 e. The average molecular weight is 278 g/mol. The van der Waals surface area contributed by atoms with Crippen LogP contribution in [0.15, 0.2) is 18.2 Å². The normalized spacial score (nSPS) is 17.6. The number of carbonyl (C=O) groups excluding carboxylic acids is 1. The number of likely N-dealkylation sites (tertiary alicyclic amines) is 1. The molecular formula is C16H23FN2O. The summed E-state index contributed by atoms with van der Waals surface area (Å²) < 4.78 is 13.6. The Labute approximate surface area is 120 Å². The molecule has 0 saturated carbocycles. The van der Waals surface area contributed by atoms with Crippen LogP contribution in [0.25, 0.3) is 0 Å². The van der Waals surface area contributed by atoms with Crippen molar-refractivity contribution in [2.75, 3.05) is 13.1 Å². The summed E-state index contributed by atoms with van der Waals surface area (Å²) in [7, 11) is 0. The van der Waals surface area contributed by atoms with Gasteiger partial charge in [0.2, 0.25) is 5.91 Å². The Hall–Kier alpha value is -1.42. The van der Waals surface area contributed by atoms with Crippen molar-refractivity contribution in [1.29, 1.82) is 0 Å². The zero-order chi connectivity index (χ0) is 14.7. The predicted molar refractivity (Wildman–Crippen MR) is 77.7 cm³/mol. The molecule has 1 amide bonds. The zero-order valence-corrected chi connectivity index (χ0v) is 12.2. The molecule has 0 bridgehead atoms. The van der Waals surface area contributed by atoms with Gasteiger partial charge in [-0.1, -0.05) is 19.9 Å². The van der Waals surface area contributed by atoms with Crippen LogP contribution in [0.1, 0.15) is 43.7 Å². The monoisotopic (exact) mass is 278 g/mol. The van der Waals surface area contributed by atoms with Crippen LogP contribution in [0.5, 0.6) is 0 Å². The summed E-state index contributed by atoms with van der Waals surface area (Å²) in [5, 5.41) is 0. The maximum absolute atomic E-state index is 13.6. The van der Waals surface area contributed by atoms with Crippen LogP contribution in [-0.4, -0.2) is 23.9 Å². The van der Waals surface area contributed by atoms with E-state index in [2.05, 4.69) is 24.8 Å². The second kappa shape index (κ2) is 6.35. The van der Waals surface area contributed by atoms with Crippen LogP contribution < -0.4 is 5.73 Å². The fourth-order valence-electron chi connectivity index (χ4n) is 2.73. The number of piperidine rings is 1. The number of carbonyl (C=O) groups is 1. The third-order valence-corrected chi connectivity index (χ3v) is 4.04. The lowest BCUT2D eigenvalue weighted by atomic mass is 9.95. The van der Waals surface area contributed by atoms with E-state index < -0.39 is 0 Å². The van der Waals surface area contributed by atoms with Gasteiger partial charge < -0.3 is 5.73 Å². The van der Waals surface area contributed by atoms with Gasteiger partial charge in [0.05, 0.1) is 0 Å². The van der Waals surface area contributed by atoms with Crippen molar-refractivity contribution in [1.82, 2.24) is 4.90 Å². The van der Waals surface area contributed by atoms with Gasteiger partial charge in [-0.25, -0.2) is 4.39 Å². The molecule has 2 rings (SSSR count). The number of rotatable bonds is 4. The van der Waals surface area contributed by atoms with Gasteiger partial charge in [0.25, 0.3) is 0 Å². The van der Waals surface area contributed by atoms with Crippen molar-refractivity contribution in [2.45, 2.75) is 39.2 Å². The van der Waals surface area contributed by atoms with Gasteiger partial charge in [-0.05, 0) is 55.1 Å². The highest BCUT2D eigenvalue weighted by Crippen LogP contribution is 2.22. The van der Waals surface area contributed by atoms with Gasteiger partial charge in [-0.2, -0.15) is 0 Å². The molecule has 0 spiro atoms. The molecule has 2 N–H and O–H groups in total. The van der Waals surface area contributed by atoms with Crippen molar-refractivity contribution in [3.8, 4) is 0 Å². The lowest BCUT2D eigenvalue weighted by Crippen LogP contribution is -2.38. The number of halogens is 1. The molecule has 0 radical (unpaired) electrons. The first-order valence-electron chi connectivity index (χ1n) is 7.26. The van der Waals surface area contributed by atoms with Crippen LogP contribution in [-0.2, 0) is 11.3 Å². The fraction of sp³-hybridized carbons (Fsp3) is 0.562. The van der Waals surface area contributed by atoms with Gasteiger partial charge in [0.1, 0.15) is 5.82 Å². The van der Waals surface area contributed by atoms with Crippen LogP contribution in [0.2, 0.25) is 0 Å². The van der Waals surface area contributed by atoms with Crippen LogP contribution in [0.3, 0.4) is 0 Å². The first-order chi connectivity index (χ1) is 9.45. The first-order valence-corrected chi connectivity index (χ1v) is 7.26. The average Bonchev–Trinajstić information content (AvgIpc) is 2.38. The van der Waals surface area contributed by atoms with Crippen molar-refractivity contribution in [3.05, 3.63) is 35.1 Å². The third-order valence-electron chi connectivity index (χ3n) is 4.04. The highest BCUT2D eigenvalue weighted by atomic mass is 19.1. The Morgan fingerprint density at radius 2 is 2.00 bits per heavy atom. The number of hydrogen-bond acceptors (Lipinski definition) is 2. The number of amides is 1. The molecule has 110 valence electrons. The molecular weight excluding hydrogens is 255 g/mol. The SMILES string of the molecule is CC(C)c1cc(F)cc(CN2CCC(C(N)=O)CC2)c1. The molecule has 1 aromatic rings. The van der Waals surface area contributed by atoms with E-state index in [1.54, 1.807) is 12.1 Å². The Morgan fingerprint density at radius 1 is 1.35 bits per heavy atom. The van der Waals surface area contributed by atoms with E-state index in [0.29, 0.717) is 5.92 Å². The van der Waals surface area contributed by atoms with Crippen LogP contribution in [0, 0.1) is 11.7 Å². The maximum atomic E-state index is 13.6. The lowest BCUT2D eigenvalue weighted by Gasteiger charge is -2.30. The summed E-state index contributed by atoms with van der Waals surface area (Å²) >= 11 is 0. The summed E-state index contributed by atoms with van der Waals surface area (Å²) in [6, 6.07) is 5.29.